The van der Waals surface area contributed by atoms with Crippen molar-refractivity contribution in [1.29, 1.82) is 0 Å². The van der Waals surface area contributed by atoms with Gasteiger partial charge in [-0.2, -0.15) is 0 Å². The maximum Gasteiger partial charge on any atom is 0.338 e. The number of likely N-dealkylation sites (N-methyl/N-ethyl adjacent to an activating group) is 1. The Kier molecular flexibility index (Phi) is 5.64. The van der Waals surface area contributed by atoms with E-state index in [0.29, 0.717) is 22.5 Å². The smallest absolute Gasteiger partial charge is 0.338 e. The van der Waals surface area contributed by atoms with E-state index in [4.69, 9.17) is 4.74 Å². The summed E-state index contributed by atoms with van der Waals surface area (Å²) in [5.41, 5.74) is 1.66. The highest BCUT2D eigenvalue weighted by Crippen LogP contribution is 2.35. The van der Waals surface area contributed by atoms with Crippen molar-refractivity contribution in [2.24, 2.45) is 4.99 Å². The van der Waals surface area contributed by atoms with E-state index in [1.807, 2.05) is 6.07 Å². The number of amides is 1. The highest BCUT2D eigenvalue weighted by molar-refractivity contribution is 7.07. The molecule has 0 saturated heterocycles. The van der Waals surface area contributed by atoms with E-state index in [1.165, 1.54) is 27.7 Å². The summed E-state index contributed by atoms with van der Waals surface area (Å²) in [5, 5.41) is 11.5. The van der Waals surface area contributed by atoms with Crippen LogP contribution in [0, 0.1) is 10.1 Å². The molecule has 1 unspecified atom stereocenters. The van der Waals surface area contributed by atoms with Gasteiger partial charge in [0.15, 0.2) is 4.80 Å². The molecule has 0 N–H and O–H groups in total. The fourth-order valence-electron chi connectivity index (χ4n) is 4.56. The van der Waals surface area contributed by atoms with Gasteiger partial charge in [0.25, 0.3) is 17.2 Å². The molecule has 0 radical (unpaired) electrons. The number of esters is 1. The molecule has 5 rings (SSSR count). The lowest BCUT2D eigenvalue weighted by Gasteiger charge is -2.24. The Morgan fingerprint density at radius 1 is 1.19 bits per heavy atom. The Morgan fingerprint density at radius 3 is 2.67 bits per heavy atom. The molecule has 0 aliphatic carbocycles. The molecule has 1 aromatic heterocycles. The minimum atomic E-state index is -1.01. The van der Waals surface area contributed by atoms with Gasteiger partial charge in [0.1, 0.15) is 4.53 Å². The van der Waals surface area contributed by atoms with Crippen LogP contribution in [0.15, 0.2) is 69.6 Å². The molecule has 0 fully saturated rings. The molecule has 3 aromatic rings. The first kappa shape index (κ1) is 23.4. The molecular weight excluding hydrogens is 484 g/mol. The molecule has 0 spiro atoms. The van der Waals surface area contributed by atoms with Gasteiger partial charge >= 0.3 is 5.97 Å². The molecule has 3 heterocycles. The first-order valence-corrected chi connectivity index (χ1v) is 11.9. The minimum Gasteiger partial charge on any atom is -0.463 e. The van der Waals surface area contributed by atoms with Crippen molar-refractivity contribution >= 4 is 40.2 Å². The van der Waals surface area contributed by atoms with Crippen molar-refractivity contribution in [3.05, 3.63) is 101 Å². The molecule has 11 heteroatoms. The predicted molar refractivity (Wildman–Crippen MR) is 132 cm³/mol. The number of thiazole rings is 1. The molecule has 2 aliphatic heterocycles. The second kappa shape index (κ2) is 8.68. The fourth-order valence-corrected chi connectivity index (χ4v) is 5.69. The Hall–Kier alpha value is -4.38. The fraction of sp³-hybridized carbons (Fsp3) is 0.200. The molecule has 2 aliphatic rings. The molecule has 0 bridgehead atoms. The highest BCUT2D eigenvalue weighted by Gasteiger charge is 2.36. The molecule has 1 atom stereocenters. The quantitative estimate of drug-likeness (QED) is 0.304. The van der Waals surface area contributed by atoms with Crippen LogP contribution in [-0.4, -0.2) is 35.0 Å². The van der Waals surface area contributed by atoms with Gasteiger partial charge in [-0.25, -0.2) is 9.79 Å². The number of nitrogens with zero attached hydrogens (tertiary/aromatic N) is 4. The first-order chi connectivity index (χ1) is 17.2. The van der Waals surface area contributed by atoms with E-state index in [0.717, 1.165) is 11.3 Å². The summed E-state index contributed by atoms with van der Waals surface area (Å²) in [7, 11) is 1.64. The Morgan fingerprint density at radius 2 is 1.94 bits per heavy atom. The van der Waals surface area contributed by atoms with E-state index in [9.17, 15) is 24.5 Å². The zero-order valence-corrected chi connectivity index (χ0v) is 20.4. The molecular formula is C25H20N4O6S. The SMILES string of the molecule is CCOC(=O)C1=C(C)N=c2s/c(=C3/C(=O)N(C)c4ccccc43)c(=O)n2C1c1cccc([N+](=O)[O-])c1. The van der Waals surface area contributed by atoms with Crippen molar-refractivity contribution in [1.82, 2.24) is 4.57 Å². The zero-order valence-electron chi connectivity index (χ0n) is 19.5. The summed E-state index contributed by atoms with van der Waals surface area (Å²) >= 11 is 1.05. The van der Waals surface area contributed by atoms with Gasteiger partial charge < -0.3 is 9.64 Å². The summed E-state index contributed by atoms with van der Waals surface area (Å²) in [5.74, 6) is -0.995. The number of ether oxygens (including phenoxy) is 1. The lowest BCUT2D eigenvalue weighted by Crippen LogP contribution is -2.40. The van der Waals surface area contributed by atoms with E-state index >= 15 is 0 Å². The lowest BCUT2D eigenvalue weighted by atomic mass is 9.95. The number of aromatic nitrogens is 1. The van der Waals surface area contributed by atoms with Gasteiger partial charge in [-0.15, -0.1) is 0 Å². The summed E-state index contributed by atoms with van der Waals surface area (Å²) in [6, 6.07) is 11.9. The number of benzene rings is 2. The monoisotopic (exact) mass is 504 g/mol. The molecule has 10 nitrogen and oxygen atoms in total. The van der Waals surface area contributed by atoms with Crippen molar-refractivity contribution in [2.75, 3.05) is 18.6 Å². The maximum atomic E-state index is 13.9. The third-order valence-electron chi connectivity index (χ3n) is 6.17. The number of hydrogen-bond donors (Lipinski definition) is 0. The molecule has 182 valence electrons. The number of hydrogen-bond acceptors (Lipinski definition) is 8. The number of nitro benzene ring substituents is 1. The van der Waals surface area contributed by atoms with Crippen LogP contribution in [-0.2, 0) is 14.3 Å². The first-order valence-electron chi connectivity index (χ1n) is 11.1. The summed E-state index contributed by atoms with van der Waals surface area (Å²) in [4.78, 5) is 57.3. The number of fused-ring (bicyclic) bond motifs is 2. The summed E-state index contributed by atoms with van der Waals surface area (Å²) in [6.07, 6.45) is 0. The van der Waals surface area contributed by atoms with Crippen LogP contribution in [0.3, 0.4) is 0 Å². The van der Waals surface area contributed by atoms with Crippen molar-refractivity contribution < 1.29 is 19.2 Å². The van der Waals surface area contributed by atoms with Crippen molar-refractivity contribution in [3.8, 4) is 0 Å². The predicted octanol–water partition coefficient (Wildman–Crippen LogP) is 2.05. The van der Waals surface area contributed by atoms with Gasteiger partial charge in [0.2, 0.25) is 0 Å². The third-order valence-corrected chi connectivity index (χ3v) is 7.22. The Bertz CT molecular complexity index is 1680. The van der Waals surface area contributed by atoms with Crippen LogP contribution < -0.4 is 19.8 Å². The van der Waals surface area contributed by atoms with Gasteiger partial charge in [-0.05, 0) is 25.5 Å². The number of rotatable bonds is 4. The van der Waals surface area contributed by atoms with E-state index < -0.39 is 22.5 Å². The number of allylic oxidation sites excluding steroid dienone is 1. The van der Waals surface area contributed by atoms with Gasteiger partial charge in [0.05, 0.1) is 40.1 Å². The molecule has 0 saturated carbocycles. The normalized spacial score (nSPS) is 18.0. The van der Waals surface area contributed by atoms with Gasteiger partial charge in [0, 0.05) is 24.7 Å². The largest absolute Gasteiger partial charge is 0.463 e. The number of anilines is 1. The van der Waals surface area contributed by atoms with E-state index in [-0.39, 0.29) is 38.7 Å². The second-order valence-corrected chi connectivity index (χ2v) is 9.21. The standard InChI is InChI=1S/C25H20N4O6S/c1-4-35-24(32)18-13(2)26-25-28(20(18)14-8-7-9-15(12-14)29(33)34)23(31)21(36-25)19-16-10-5-6-11-17(16)27(3)22(19)30/h5-12,20H,4H2,1-3H3/b21-19+. The van der Waals surface area contributed by atoms with E-state index in [1.54, 1.807) is 45.2 Å². The van der Waals surface area contributed by atoms with Crippen LogP contribution in [0.1, 0.15) is 31.0 Å². The van der Waals surface area contributed by atoms with Gasteiger partial charge in [-0.1, -0.05) is 41.7 Å². The third kappa shape index (κ3) is 3.47. The van der Waals surface area contributed by atoms with Crippen molar-refractivity contribution in [2.45, 2.75) is 19.9 Å². The number of carbonyl (C=O) groups excluding carboxylic acids is 2. The Balaban J connectivity index is 1.84. The van der Waals surface area contributed by atoms with E-state index in [2.05, 4.69) is 4.99 Å². The maximum absolute atomic E-state index is 13.9. The zero-order chi connectivity index (χ0) is 25.7. The highest BCUT2D eigenvalue weighted by atomic mass is 32.1. The van der Waals surface area contributed by atoms with Crippen LogP contribution in [0.5, 0.6) is 0 Å². The molecule has 36 heavy (non-hydrogen) atoms. The average molecular weight is 505 g/mol. The van der Waals surface area contributed by atoms with Crippen LogP contribution in [0.4, 0.5) is 11.4 Å². The number of nitro groups is 1. The topological polar surface area (TPSA) is 124 Å². The summed E-state index contributed by atoms with van der Waals surface area (Å²) < 4.78 is 6.75. The number of carbonyl (C=O) groups is 2. The minimum absolute atomic E-state index is 0.101. The van der Waals surface area contributed by atoms with Crippen LogP contribution in [0.25, 0.3) is 5.57 Å². The second-order valence-electron chi connectivity index (χ2n) is 8.23. The lowest BCUT2D eigenvalue weighted by molar-refractivity contribution is -0.384. The molecule has 2 aromatic carbocycles. The number of non-ortho nitro benzene ring substituents is 1. The summed E-state index contributed by atoms with van der Waals surface area (Å²) in [6.45, 7) is 3.39. The van der Waals surface area contributed by atoms with Gasteiger partial charge in [-0.3, -0.25) is 24.3 Å². The number of para-hydroxylation sites is 1. The Labute approximate surface area is 208 Å². The average Bonchev–Trinajstić information content (AvgIpc) is 3.31. The van der Waals surface area contributed by atoms with Crippen LogP contribution in [0.2, 0.25) is 0 Å². The van der Waals surface area contributed by atoms with Crippen molar-refractivity contribution in [3.63, 3.8) is 0 Å². The molecule has 1 amide bonds. The van der Waals surface area contributed by atoms with Crippen LogP contribution >= 0.6 is 11.3 Å².